The van der Waals surface area contributed by atoms with E-state index in [1.54, 1.807) is 0 Å². The monoisotopic (exact) mass is 327 g/mol. The van der Waals surface area contributed by atoms with Gasteiger partial charge in [0.1, 0.15) is 0 Å². The summed E-state index contributed by atoms with van der Waals surface area (Å²) in [4.78, 5) is 2.36. The van der Waals surface area contributed by atoms with Gasteiger partial charge in [0, 0.05) is 24.8 Å². The van der Waals surface area contributed by atoms with Gasteiger partial charge in [0.25, 0.3) is 0 Å². The fraction of sp³-hybridized carbons (Fsp3) is 0.333. The molecular formula is C18H21NO3Si. The molecular weight excluding hydrogens is 306 g/mol. The maximum absolute atomic E-state index is 6.57. The Labute approximate surface area is 138 Å². The maximum Gasteiger partial charge on any atom is 0.537 e. The number of benzene rings is 2. The van der Waals surface area contributed by atoms with E-state index in [1.165, 1.54) is 5.56 Å². The van der Waals surface area contributed by atoms with Crippen molar-refractivity contribution in [2.24, 2.45) is 0 Å². The number of hydrogen-bond donors (Lipinski definition) is 0. The van der Waals surface area contributed by atoms with Gasteiger partial charge in [-0.3, -0.25) is 4.90 Å². The summed E-state index contributed by atoms with van der Waals surface area (Å²) in [6.45, 7) is 4.05. The molecule has 1 atom stereocenters. The number of fused-ring (bicyclic) bond motifs is 6. The van der Waals surface area contributed by atoms with Gasteiger partial charge in [-0.1, -0.05) is 60.7 Å². The highest BCUT2D eigenvalue weighted by atomic mass is 28.4. The van der Waals surface area contributed by atoms with Crippen LogP contribution in [0, 0.1) is 0 Å². The van der Waals surface area contributed by atoms with Crippen LogP contribution < -0.4 is 5.19 Å². The van der Waals surface area contributed by atoms with Crippen LogP contribution in [0.5, 0.6) is 0 Å². The first-order chi connectivity index (χ1) is 11.4. The van der Waals surface area contributed by atoms with Gasteiger partial charge < -0.3 is 13.3 Å². The van der Waals surface area contributed by atoms with Crippen molar-refractivity contribution in [3.8, 4) is 0 Å². The third kappa shape index (κ3) is 3.11. The van der Waals surface area contributed by atoms with Gasteiger partial charge in [0.2, 0.25) is 0 Å². The van der Waals surface area contributed by atoms with Crippen LogP contribution in [0.25, 0.3) is 0 Å². The third-order valence-corrected chi connectivity index (χ3v) is 7.22. The summed E-state index contributed by atoms with van der Waals surface area (Å²) in [6, 6.07) is 20.6. The lowest BCUT2D eigenvalue weighted by Crippen LogP contribution is -2.62. The van der Waals surface area contributed by atoms with Crippen molar-refractivity contribution in [3.63, 3.8) is 0 Å². The van der Waals surface area contributed by atoms with Gasteiger partial charge in [0.15, 0.2) is 0 Å². The van der Waals surface area contributed by atoms with Gasteiger partial charge in [-0.2, -0.15) is 0 Å². The molecule has 3 heterocycles. The van der Waals surface area contributed by atoms with E-state index in [-0.39, 0.29) is 6.10 Å². The Kier molecular flexibility index (Phi) is 4.28. The molecule has 2 bridgehead atoms. The smallest absolute Gasteiger partial charge is 0.369 e. The van der Waals surface area contributed by atoms with Crippen LogP contribution in [0.2, 0.25) is 0 Å². The van der Waals surface area contributed by atoms with Gasteiger partial charge in [-0.05, 0) is 5.56 Å². The summed E-state index contributed by atoms with van der Waals surface area (Å²) >= 11 is 0. The minimum absolute atomic E-state index is 0.0244. The van der Waals surface area contributed by atoms with Gasteiger partial charge >= 0.3 is 8.80 Å². The number of nitrogens with zero attached hydrogens (tertiary/aromatic N) is 1. The maximum atomic E-state index is 6.57. The molecule has 3 saturated heterocycles. The summed E-state index contributed by atoms with van der Waals surface area (Å²) < 4.78 is 19.0. The molecule has 5 rings (SSSR count). The zero-order chi connectivity index (χ0) is 15.5. The topological polar surface area (TPSA) is 30.9 Å². The quantitative estimate of drug-likeness (QED) is 0.789. The van der Waals surface area contributed by atoms with Crippen LogP contribution in [-0.4, -0.2) is 46.6 Å². The van der Waals surface area contributed by atoms with E-state index in [9.17, 15) is 0 Å². The zero-order valence-electron chi connectivity index (χ0n) is 13.1. The molecule has 4 nitrogen and oxygen atoms in total. The van der Waals surface area contributed by atoms with Crippen LogP contribution in [-0.2, 0) is 13.3 Å². The average Bonchev–Trinajstić information content (AvgIpc) is 2.55. The van der Waals surface area contributed by atoms with Crippen molar-refractivity contribution in [3.05, 3.63) is 66.2 Å². The van der Waals surface area contributed by atoms with Gasteiger partial charge in [-0.15, -0.1) is 0 Å². The van der Waals surface area contributed by atoms with E-state index in [0.29, 0.717) is 13.2 Å². The molecule has 0 N–H and O–H groups in total. The minimum atomic E-state index is -2.88. The van der Waals surface area contributed by atoms with Crippen molar-refractivity contribution in [1.82, 2.24) is 4.90 Å². The average molecular weight is 327 g/mol. The molecule has 0 spiro atoms. The standard InChI is InChI=1S/C18H21NO3Si/c1-3-7-16(8-4-1)18-15-19-11-13-20-23(22-18,21-14-12-19)17-9-5-2-6-10-17/h1-10,18H,11-15H2. The molecule has 3 fully saturated rings. The third-order valence-electron chi connectivity index (χ3n) is 4.42. The number of rotatable bonds is 2. The van der Waals surface area contributed by atoms with Crippen molar-refractivity contribution in [2.75, 3.05) is 32.8 Å². The first-order valence-electron chi connectivity index (χ1n) is 8.14. The Bertz CT molecular complexity index is 627. The Balaban J connectivity index is 1.73. The predicted molar refractivity (Wildman–Crippen MR) is 90.4 cm³/mol. The first-order valence-corrected chi connectivity index (χ1v) is 9.87. The Morgan fingerprint density at radius 1 is 0.826 bits per heavy atom. The molecule has 0 aliphatic carbocycles. The first kappa shape index (κ1) is 15.0. The molecule has 0 radical (unpaired) electrons. The zero-order valence-corrected chi connectivity index (χ0v) is 14.1. The highest BCUT2D eigenvalue weighted by Gasteiger charge is 2.48. The summed E-state index contributed by atoms with van der Waals surface area (Å²) in [5.41, 5.74) is 1.18. The van der Waals surface area contributed by atoms with E-state index >= 15 is 0 Å². The van der Waals surface area contributed by atoms with Crippen LogP contribution in [0.15, 0.2) is 60.7 Å². The SMILES string of the molecule is c1ccc(C2CN3CCO[Si](c4ccccc4)(OCC3)O2)cc1. The molecule has 2 aromatic carbocycles. The Morgan fingerprint density at radius 3 is 2.09 bits per heavy atom. The molecule has 0 amide bonds. The molecule has 5 heteroatoms. The van der Waals surface area contributed by atoms with E-state index < -0.39 is 8.80 Å². The summed E-state index contributed by atoms with van der Waals surface area (Å²) in [7, 11) is -2.88. The largest absolute Gasteiger partial charge is 0.537 e. The Morgan fingerprint density at radius 2 is 1.43 bits per heavy atom. The lowest BCUT2D eigenvalue weighted by molar-refractivity contribution is -0.0333. The molecule has 0 aromatic heterocycles. The molecule has 23 heavy (non-hydrogen) atoms. The highest BCUT2D eigenvalue weighted by molar-refractivity contribution is 6.75. The normalized spacial score (nSPS) is 31.1. The molecule has 2 aromatic rings. The summed E-state index contributed by atoms with van der Waals surface area (Å²) in [5.74, 6) is 0. The van der Waals surface area contributed by atoms with Crippen molar-refractivity contribution < 1.29 is 13.3 Å². The van der Waals surface area contributed by atoms with Crippen molar-refractivity contribution in [1.29, 1.82) is 0 Å². The van der Waals surface area contributed by atoms with Crippen LogP contribution in [0.4, 0.5) is 0 Å². The lowest BCUT2D eigenvalue weighted by Gasteiger charge is -2.42. The van der Waals surface area contributed by atoms with E-state index in [1.807, 2.05) is 24.3 Å². The van der Waals surface area contributed by atoms with Crippen molar-refractivity contribution in [2.45, 2.75) is 6.10 Å². The fourth-order valence-electron chi connectivity index (χ4n) is 3.20. The van der Waals surface area contributed by atoms with Gasteiger partial charge in [0.05, 0.1) is 19.3 Å². The lowest BCUT2D eigenvalue weighted by atomic mass is 10.1. The molecule has 3 aliphatic rings. The van der Waals surface area contributed by atoms with Gasteiger partial charge in [-0.25, -0.2) is 0 Å². The second kappa shape index (κ2) is 6.55. The second-order valence-corrected chi connectivity index (χ2v) is 8.44. The molecule has 3 aliphatic heterocycles. The highest BCUT2D eigenvalue weighted by Crippen LogP contribution is 2.28. The van der Waals surface area contributed by atoms with Crippen LogP contribution >= 0.6 is 0 Å². The van der Waals surface area contributed by atoms with Crippen LogP contribution in [0.1, 0.15) is 11.7 Å². The molecule has 0 saturated carbocycles. The second-order valence-electron chi connectivity index (χ2n) is 5.94. The molecule has 1 unspecified atom stereocenters. The molecule has 120 valence electrons. The fourth-order valence-corrected chi connectivity index (χ4v) is 5.79. The minimum Gasteiger partial charge on any atom is -0.369 e. The van der Waals surface area contributed by atoms with E-state index in [4.69, 9.17) is 13.3 Å². The summed E-state index contributed by atoms with van der Waals surface area (Å²) in [6.07, 6.45) is -0.0244. The van der Waals surface area contributed by atoms with Crippen molar-refractivity contribution >= 4 is 14.0 Å². The Hall–Kier alpha value is -1.50. The van der Waals surface area contributed by atoms with Crippen LogP contribution in [0.3, 0.4) is 0 Å². The van der Waals surface area contributed by atoms with E-state index in [2.05, 4.69) is 41.3 Å². The predicted octanol–water partition coefficient (Wildman–Crippen LogP) is 1.95. The summed E-state index contributed by atoms with van der Waals surface area (Å²) in [5, 5.41) is 1.05. The number of hydrogen-bond acceptors (Lipinski definition) is 4. The van der Waals surface area contributed by atoms with E-state index in [0.717, 1.165) is 24.8 Å².